The molecule has 0 radical (unpaired) electrons. The summed E-state index contributed by atoms with van der Waals surface area (Å²) in [5.41, 5.74) is 0.0155. The molecule has 0 aromatic heterocycles. The zero-order chi connectivity index (χ0) is 14.8. The summed E-state index contributed by atoms with van der Waals surface area (Å²) in [6, 6.07) is 0.649. The summed E-state index contributed by atoms with van der Waals surface area (Å²) in [7, 11) is 1.82. The maximum Gasteiger partial charge on any atom is 0.0623 e. The van der Waals surface area contributed by atoms with Gasteiger partial charge in [-0.3, -0.25) is 0 Å². The Morgan fingerprint density at radius 1 is 1.25 bits per heavy atom. The predicted molar refractivity (Wildman–Crippen MR) is 91.7 cm³/mol. The van der Waals surface area contributed by atoms with Crippen LogP contribution in [0.5, 0.6) is 0 Å². The van der Waals surface area contributed by atoms with Crippen LogP contribution in [0.4, 0.5) is 0 Å². The first-order valence-corrected chi connectivity index (χ1v) is 9.52. The van der Waals surface area contributed by atoms with Gasteiger partial charge in [-0.1, -0.05) is 26.2 Å². The van der Waals surface area contributed by atoms with Crippen LogP contribution in [0.1, 0.15) is 72.1 Å². The van der Waals surface area contributed by atoms with E-state index in [1.807, 2.05) is 7.11 Å². The van der Waals surface area contributed by atoms with Crippen molar-refractivity contribution in [3.05, 3.63) is 0 Å². The highest BCUT2D eigenvalue weighted by molar-refractivity contribution is 7.99. The summed E-state index contributed by atoms with van der Waals surface area (Å²) in [6.07, 6.45) is 10.8. The SMILES string of the molecule is CCCNC(CCC(C)(C)OC)CSC1CCCCC1. The van der Waals surface area contributed by atoms with E-state index in [9.17, 15) is 0 Å². The lowest BCUT2D eigenvalue weighted by atomic mass is 9.99. The van der Waals surface area contributed by atoms with E-state index in [4.69, 9.17) is 4.74 Å². The fraction of sp³-hybridized carbons (Fsp3) is 1.00. The average Bonchev–Trinajstić information content (AvgIpc) is 2.47. The fourth-order valence-electron chi connectivity index (χ4n) is 2.70. The normalized spacial score (nSPS) is 19.2. The van der Waals surface area contributed by atoms with Crippen LogP contribution in [0, 0.1) is 0 Å². The number of rotatable bonds is 10. The number of nitrogens with one attached hydrogen (secondary N) is 1. The van der Waals surface area contributed by atoms with E-state index in [1.165, 1.54) is 50.7 Å². The van der Waals surface area contributed by atoms with Crippen molar-refractivity contribution in [1.82, 2.24) is 5.32 Å². The zero-order valence-corrected chi connectivity index (χ0v) is 14.9. The minimum absolute atomic E-state index is 0.0155. The van der Waals surface area contributed by atoms with Crippen LogP contribution < -0.4 is 5.32 Å². The van der Waals surface area contributed by atoms with Gasteiger partial charge in [0.15, 0.2) is 0 Å². The lowest BCUT2D eigenvalue weighted by Gasteiger charge is -2.28. The predicted octanol–water partition coefficient (Wildman–Crippen LogP) is 4.63. The highest BCUT2D eigenvalue weighted by atomic mass is 32.2. The number of thioether (sulfide) groups is 1. The Bertz CT molecular complexity index is 239. The molecule has 20 heavy (non-hydrogen) atoms. The molecule has 1 aliphatic rings. The third-order valence-corrected chi connectivity index (χ3v) is 5.95. The summed E-state index contributed by atoms with van der Waals surface area (Å²) in [6.45, 7) is 7.77. The second-order valence-electron chi connectivity index (χ2n) is 6.75. The highest BCUT2D eigenvalue weighted by Gasteiger charge is 2.21. The first-order chi connectivity index (χ1) is 9.57. The molecule has 2 nitrogen and oxygen atoms in total. The van der Waals surface area contributed by atoms with Crippen molar-refractivity contribution in [2.24, 2.45) is 0 Å². The molecule has 1 aliphatic carbocycles. The second kappa shape index (κ2) is 10.1. The van der Waals surface area contributed by atoms with Crippen LogP contribution in [0.3, 0.4) is 0 Å². The van der Waals surface area contributed by atoms with Crippen LogP contribution in [0.2, 0.25) is 0 Å². The van der Waals surface area contributed by atoms with E-state index in [0.717, 1.165) is 18.2 Å². The molecule has 0 aromatic rings. The summed E-state index contributed by atoms with van der Waals surface area (Å²) < 4.78 is 5.55. The summed E-state index contributed by atoms with van der Waals surface area (Å²) >= 11 is 2.21. The Kier molecular flexibility index (Phi) is 9.23. The van der Waals surface area contributed by atoms with Gasteiger partial charge in [-0.15, -0.1) is 0 Å². The van der Waals surface area contributed by atoms with Crippen molar-refractivity contribution in [3.63, 3.8) is 0 Å². The quantitative estimate of drug-likeness (QED) is 0.636. The largest absolute Gasteiger partial charge is 0.379 e. The topological polar surface area (TPSA) is 21.3 Å². The lowest BCUT2D eigenvalue weighted by Crippen LogP contribution is -2.35. The van der Waals surface area contributed by atoms with Crippen LogP contribution in [-0.2, 0) is 4.74 Å². The Morgan fingerprint density at radius 2 is 1.95 bits per heavy atom. The molecular formula is C17H35NOS. The van der Waals surface area contributed by atoms with Gasteiger partial charge in [0, 0.05) is 24.2 Å². The molecule has 0 amide bonds. The van der Waals surface area contributed by atoms with Gasteiger partial charge in [0.05, 0.1) is 5.60 Å². The average molecular weight is 302 g/mol. The summed E-state index contributed by atoms with van der Waals surface area (Å²) in [5.74, 6) is 1.27. The third-order valence-electron chi connectivity index (χ3n) is 4.42. The van der Waals surface area contributed by atoms with Crippen LogP contribution >= 0.6 is 11.8 Å². The molecule has 0 aliphatic heterocycles. The van der Waals surface area contributed by atoms with Crippen molar-refractivity contribution in [2.45, 2.75) is 89.0 Å². The smallest absolute Gasteiger partial charge is 0.0623 e. The van der Waals surface area contributed by atoms with E-state index < -0.39 is 0 Å². The zero-order valence-electron chi connectivity index (χ0n) is 14.0. The van der Waals surface area contributed by atoms with Crippen LogP contribution in [-0.4, -0.2) is 36.3 Å². The summed E-state index contributed by atoms with van der Waals surface area (Å²) in [5, 5.41) is 4.65. The van der Waals surface area contributed by atoms with E-state index in [-0.39, 0.29) is 5.60 Å². The van der Waals surface area contributed by atoms with Gasteiger partial charge in [0.1, 0.15) is 0 Å². The maximum atomic E-state index is 5.55. The molecule has 0 saturated heterocycles. The molecule has 1 fully saturated rings. The first-order valence-electron chi connectivity index (χ1n) is 8.47. The molecule has 120 valence electrons. The molecule has 0 aromatic carbocycles. The van der Waals surface area contributed by atoms with E-state index in [1.54, 1.807) is 0 Å². The molecule has 0 heterocycles. The maximum absolute atomic E-state index is 5.55. The highest BCUT2D eigenvalue weighted by Crippen LogP contribution is 2.29. The minimum Gasteiger partial charge on any atom is -0.379 e. The monoisotopic (exact) mass is 301 g/mol. The Morgan fingerprint density at radius 3 is 2.55 bits per heavy atom. The van der Waals surface area contributed by atoms with Gasteiger partial charge in [-0.2, -0.15) is 11.8 Å². The summed E-state index contributed by atoms with van der Waals surface area (Å²) in [4.78, 5) is 0. The van der Waals surface area contributed by atoms with Crippen LogP contribution in [0.15, 0.2) is 0 Å². The van der Waals surface area contributed by atoms with Gasteiger partial charge in [-0.25, -0.2) is 0 Å². The Hall–Kier alpha value is 0.270. The van der Waals surface area contributed by atoms with Crippen molar-refractivity contribution in [1.29, 1.82) is 0 Å². The van der Waals surface area contributed by atoms with Crippen LogP contribution in [0.25, 0.3) is 0 Å². The molecule has 1 atom stereocenters. The van der Waals surface area contributed by atoms with Gasteiger partial charge in [0.2, 0.25) is 0 Å². The van der Waals surface area contributed by atoms with Crippen molar-refractivity contribution in [3.8, 4) is 0 Å². The molecule has 0 spiro atoms. The van der Waals surface area contributed by atoms with Crippen molar-refractivity contribution < 1.29 is 4.74 Å². The van der Waals surface area contributed by atoms with Gasteiger partial charge >= 0.3 is 0 Å². The molecular weight excluding hydrogens is 266 g/mol. The second-order valence-corrected chi connectivity index (χ2v) is 8.08. The lowest BCUT2D eigenvalue weighted by molar-refractivity contribution is 0.0122. The molecule has 1 saturated carbocycles. The Labute approximate surface area is 130 Å². The number of methoxy groups -OCH3 is 1. The molecule has 1 N–H and O–H groups in total. The van der Waals surface area contributed by atoms with Gasteiger partial charge < -0.3 is 10.1 Å². The van der Waals surface area contributed by atoms with Gasteiger partial charge in [0.25, 0.3) is 0 Å². The molecule has 0 bridgehead atoms. The number of hydrogen-bond acceptors (Lipinski definition) is 3. The first kappa shape index (κ1) is 18.3. The van der Waals surface area contributed by atoms with E-state index >= 15 is 0 Å². The van der Waals surface area contributed by atoms with E-state index in [0.29, 0.717) is 6.04 Å². The minimum atomic E-state index is 0.0155. The van der Waals surface area contributed by atoms with Gasteiger partial charge in [-0.05, 0) is 52.5 Å². The third kappa shape index (κ3) is 7.90. The number of ether oxygens (including phenoxy) is 1. The fourth-order valence-corrected chi connectivity index (χ4v) is 4.16. The van der Waals surface area contributed by atoms with Crippen molar-refractivity contribution in [2.75, 3.05) is 19.4 Å². The molecule has 1 unspecified atom stereocenters. The number of hydrogen-bond donors (Lipinski definition) is 1. The standard InChI is InChI=1S/C17H35NOS/c1-5-13-18-15(11-12-17(2,3)19-4)14-20-16-9-7-6-8-10-16/h15-16,18H,5-14H2,1-4H3. The Balaban J connectivity index is 2.30. The molecule has 1 rings (SSSR count). The van der Waals surface area contributed by atoms with Crippen molar-refractivity contribution >= 4 is 11.8 Å². The molecule has 3 heteroatoms. The van der Waals surface area contributed by atoms with E-state index in [2.05, 4.69) is 37.8 Å².